The van der Waals surface area contributed by atoms with Crippen LogP contribution in [0.15, 0.2) is 30.3 Å². The first kappa shape index (κ1) is 14.0. The van der Waals surface area contributed by atoms with Gasteiger partial charge in [-0.15, -0.1) is 0 Å². The zero-order valence-electron chi connectivity index (χ0n) is 12.0. The van der Waals surface area contributed by atoms with E-state index in [0.29, 0.717) is 6.54 Å². The fourth-order valence-corrected chi connectivity index (χ4v) is 3.31. The molecule has 1 unspecified atom stereocenters. The summed E-state index contributed by atoms with van der Waals surface area (Å²) >= 11 is 0. The van der Waals surface area contributed by atoms with Crippen LogP contribution in [0.5, 0.6) is 0 Å². The van der Waals surface area contributed by atoms with Crippen LogP contribution >= 0.6 is 0 Å². The van der Waals surface area contributed by atoms with Crippen molar-refractivity contribution in [3.63, 3.8) is 0 Å². The molecule has 0 radical (unpaired) electrons. The maximum atomic E-state index is 14.0. The largest absolute Gasteiger partial charge is 0.314 e. The molecular formula is C16H24FN3. The lowest BCUT2D eigenvalue weighted by Gasteiger charge is -2.42. The Bertz CT molecular complexity index is 403. The molecule has 1 aromatic rings. The van der Waals surface area contributed by atoms with E-state index in [2.05, 4.69) is 45.4 Å². The Morgan fingerprint density at radius 3 is 2.55 bits per heavy atom. The molecule has 2 aliphatic heterocycles. The first-order valence-electron chi connectivity index (χ1n) is 7.68. The molecule has 110 valence electrons. The summed E-state index contributed by atoms with van der Waals surface area (Å²) in [5.74, 6) is 0. The van der Waals surface area contributed by atoms with Crippen molar-refractivity contribution in [2.45, 2.75) is 25.2 Å². The number of hydrogen-bond acceptors (Lipinski definition) is 3. The van der Waals surface area contributed by atoms with Crippen LogP contribution in [0.1, 0.15) is 12.0 Å². The fraction of sp³-hybridized carbons (Fsp3) is 0.625. The average molecular weight is 277 g/mol. The number of piperidine rings is 1. The minimum Gasteiger partial charge on any atom is -0.314 e. The van der Waals surface area contributed by atoms with Gasteiger partial charge in [0.2, 0.25) is 0 Å². The molecule has 2 atom stereocenters. The third-order valence-electron chi connectivity index (χ3n) is 4.50. The van der Waals surface area contributed by atoms with E-state index in [4.69, 9.17) is 0 Å². The number of benzene rings is 1. The Labute approximate surface area is 120 Å². The van der Waals surface area contributed by atoms with E-state index < -0.39 is 6.17 Å². The number of rotatable bonds is 3. The maximum Gasteiger partial charge on any atom is 0.128 e. The van der Waals surface area contributed by atoms with Crippen molar-refractivity contribution in [2.24, 2.45) is 0 Å². The van der Waals surface area contributed by atoms with Gasteiger partial charge in [0.15, 0.2) is 0 Å². The number of alkyl halides is 1. The SMILES string of the molecule is F[C@H]1CNCCC1N1CCN(Cc2ccccc2)CC1. The Morgan fingerprint density at radius 2 is 1.85 bits per heavy atom. The Hall–Kier alpha value is -0.970. The van der Waals surface area contributed by atoms with Crippen LogP contribution in [-0.4, -0.2) is 61.3 Å². The Morgan fingerprint density at radius 1 is 1.10 bits per heavy atom. The molecule has 2 aliphatic rings. The average Bonchev–Trinajstić information content (AvgIpc) is 2.50. The Balaban J connectivity index is 1.49. The molecule has 1 aromatic carbocycles. The van der Waals surface area contributed by atoms with E-state index in [1.165, 1.54) is 5.56 Å². The van der Waals surface area contributed by atoms with Gasteiger partial charge in [0.05, 0.1) is 0 Å². The zero-order chi connectivity index (χ0) is 13.8. The molecule has 0 aliphatic carbocycles. The molecule has 2 heterocycles. The van der Waals surface area contributed by atoms with Crippen LogP contribution in [0, 0.1) is 0 Å². The smallest absolute Gasteiger partial charge is 0.128 e. The molecule has 0 saturated carbocycles. The molecule has 2 fully saturated rings. The fourth-order valence-electron chi connectivity index (χ4n) is 3.31. The van der Waals surface area contributed by atoms with Crippen molar-refractivity contribution < 1.29 is 4.39 Å². The lowest BCUT2D eigenvalue weighted by atomic mass is 10.0. The molecular weight excluding hydrogens is 253 g/mol. The summed E-state index contributed by atoms with van der Waals surface area (Å²) in [6.07, 6.45) is 0.240. The highest BCUT2D eigenvalue weighted by molar-refractivity contribution is 5.14. The predicted molar refractivity (Wildman–Crippen MR) is 79.5 cm³/mol. The molecule has 2 saturated heterocycles. The molecule has 3 nitrogen and oxygen atoms in total. The minimum atomic E-state index is -0.704. The third-order valence-corrected chi connectivity index (χ3v) is 4.50. The molecule has 3 rings (SSSR count). The maximum absolute atomic E-state index is 14.0. The van der Waals surface area contributed by atoms with Crippen molar-refractivity contribution in [2.75, 3.05) is 39.3 Å². The molecule has 4 heteroatoms. The quantitative estimate of drug-likeness (QED) is 0.903. The predicted octanol–water partition coefficient (Wildman–Crippen LogP) is 1.50. The van der Waals surface area contributed by atoms with Gasteiger partial charge < -0.3 is 5.32 Å². The summed E-state index contributed by atoms with van der Waals surface area (Å²) in [5.41, 5.74) is 1.37. The van der Waals surface area contributed by atoms with Gasteiger partial charge in [-0.2, -0.15) is 0 Å². The number of halogens is 1. The van der Waals surface area contributed by atoms with E-state index >= 15 is 0 Å². The van der Waals surface area contributed by atoms with Crippen molar-refractivity contribution in [1.82, 2.24) is 15.1 Å². The molecule has 0 bridgehead atoms. The summed E-state index contributed by atoms with van der Waals surface area (Å²) < 4.78 is 14.0. The number of nitrogens with zero attached hydrogens (tertiary/aromatic N) is 2. The van der Waals surface area contributed by atoms with Crippen LogP contribution in [0.4, 0.5) is 4.39 Å². The van der Waals surface area contributed by atoms with Crippen LogP contribution in [0.2, 0.25) is 0 Å². The summed E-state index contributed by atoms with van der Waals surface area (Å²) in [4.78, 5) is 4.83. The van der Waals surface area contributed by atoms with Crippen molar-refractivity contribution in [3.05, 3.63) is 35.9 Å². The summed E-state index contributed by atoms with van der Waals surface area (Å²) in [5, 5.41) is 3.13. The molecule has 1 N–H and O–H groups in total. The third kappa shape index (κ3) is 3.37. The second-order valence-electron chi connectivity index (χ2n) is 5.87. The van der Waals surface area contributed by atoms with Crippen molar-refractivity contribution in [3.8, 4) is 0 Å². The normalized spacial score (nSPS) is 29.4. The van der Waals surface area contributed by atoms with E-state index in [0.717, 1.165) is 45.7 Å². The highest BCUT2D eigenvalue weighted by Crippen LogP contribution is 2.18. The van der Waals surface area contributed by atoms with Gasteiger partial charge >= 0.3 is 0 Å². The Kier molecular flexibility index (Phi) is 4.65. The van der Waals surface area contributed by atoms with Gasteiger partial charge in [0.1, 0.15) is 6.17 Å². The lowest BCUT2D eigenvalue weighted by Crippen LogP contribution is -2.56. The second kappa shape index (κ2) is 6.66. The highest BCUT2D eigenvalue weighted by Gasteiger charge is 2.31. The molecule has 0 spiro atoms. The van der Waals surface area contributed by atoms with E-state index in [-0.39, 0.29) is 6.04 Å². The van der Waals surface area contributed by atoms with Gasteiger partial charge in [-0.1, -0.05) is 30.3 Å². The molecule has 20 heavy (non-hydrogen) atoms. The second-order valence-corrected chi connectivity index (χ2v) is 5.87. The highest BCUT2D eigenvalue weighted by atomic mass is 19.1. The van der Waals surface area contributed by atoms with Gasteiger partial charge in [0, 0.05) is 45.3 Å². The first-order chi connectivity index (χ1) is 9.83. The van der Waals surface area contributed by atoms with Crippen LogP contribution < -0.4 is 5.32 Å². The van der Waals surface area contributed by atoms with Gasteiger partial charge in [0.25, 0.3) is 0 Å². The van der Waals surface area contributed by atoms with E-state index in [1.807, 2.05) is 0 Å². The minimum absolute atomic E-state index is 0.134. The van der Waals surface area contributed by atoms with E-state index in [9.17, 15) is 4.39 Å². The van der Waals surface area contributed by atoms with Crippen LogP contribution in [-0.2, 0) is 6.54 Å². The summed E-state index contributed by atoms with van der Waals surface area (Å²) in [7, 11) is 0. The van der Waals surface area contributed by atoms with Gasteiger partial charge in [-0.05, 0) is 18.5 Å². The van der Waals surface area contributed by atoms with Crippen molar-refractivity contribution >= 4 is 0 Å². The van der Waals surface area contributed by atoms with Crippen LogP contribution in [0.3, 0.4) is 0 Å². The van der Waals surface area contributed by atoms with Gasteiger partial charge in [-0.25, -0.2) is 4.39 Å². The summed E-state index contributed by atoms with van der Waals surface area (Å²) in [6, 6.07) is 10.7. The topological polar surface area (TPSA) is 18.5 Å². The number of nitrogens with one attached hydrogen (secondary N) is 1. The number of piperazine rings is 1. The lowest BCUT2D eigenvalue weighted by molar-refractivity contribution is 0.0382. The molecule has 0 aromatic heterocycles. The van der Waals surface area contributed by atoms with Crippen molar-refractivity contribution in [1.29, 1.82) is 0 Å². The first-order valence-corrected chi connectivity index (χ1v) is 7.68. The number of hydrogen-bond donors (Lipinski definition) is 1. The van der Waals surface area contributed by atoms with E-state index in [1.54, 1.807) is 0 Å². The van der Waals surface area contributed by atoms with Gasteiger partial charge in [-0.3, -0.25) is 9.80 Å². The zero-order valence-corrected chi connectivity index (χ0v) is 12.0. The monoisotopic (exact) mass is 277 g/mol. The van der Waals surface area contributed by atoms with Crippen LogP contribution in [0.25, 0.3) is 0 Å². The standard InChI is InChI=1S/C16H24FN3/c17-15-12-18-7-6-16(15)20-10-8-19(9-11-20)13-14-4-2-1-3-5-14/h1-5,15-16,18H,6-13H2/t15-,16?/m0/s1. The molecule has 0 amide bonds. The summed E-state index contributed by atoms with van der Waals surface area (Å²) in [6.45, 7) is 6.58.